The standard InChI is InChI=1S/C18H29NO/c1-4-18(20)16-7-9-17(10-8-16)19-12-5-6-15(11-13-19)14(2)3/h7-10,14-15,18,20H,4-6,11-13H2,1-3H3. The van der Waals surface area contributed by atoms with E-state index in [1.54, 1.807) is 0 Å². The maximum atomic E-state index is 9.86. The van der Waals surface area contributed by atoms with Crippen LogP contribution in [0.5, 0.6) is 0 Å². The molecule has 1 saturated heterocycles. The fraction of sp³-hybridized carbons (Fsp3) is 0.667. The summed E-state index contributed by atoms with van der Waals surface area (Å²) in [7, 11) is 0. The summed E-state index contributed by atoms with van der Waals surface area (Å²) in [6, 6.07) is 8.50. The van der Waals surface area contributed by atoms with E-state index in [-0.39, 0.29) is 6.10 Å². The highest BCUT2D eigenvalue weighted by atomic mass is 16.3. The zero-order valence-corrected chi connectivity index (χ0v) is 13.2. The highest BCUT2D eigenvalue weighted by molar-refractivity contribution is 5.48. The van der Waals surface area contributed by atoms with Gasteiger partial charge in [-0.25, -0.2) is 0 Å². The molecule has 0 radical (unpaired) electrons. The summed E-state index contributed by atoms with van der Waals surface area (Å²) in [5, 5.41) is 9.86. The molecule has 1 N–H and O–H groups in total. The molecule has 1 fully saturated rings. The van der Waals surface area contributed by atoms with Crippen LogP contribution in [0.3, 0.4) is 0 Å². The zero-order chi connectivity index (χ0) is 14.5. The highest BCUT2D eigenvalue weighted by Crippen LogP contribution is 2.28. The normalized spacial score (nSPS) is 21.9. The van der Waals surface area contributed by atoms with E-state index in [9.17, 15) is 5.11 Å². The van der Waals surface area contributed by atoms with Crippen molar-refractivity contribution in [3.8, 4) is 0 Å². The molecule has 0 amide bonds. The lowest BCUT2D eigenvalue weighted by Gasteiger charge is -2.24. The van der Waals surface area contributed by atoms with Gasteiger partial charge in [-0.05, 0) is 55.2 Å². The zero-order valence-electron chi connectivity index (χ0n) is 13.2. The lowest BCUT2D eigenvalue weighted by molar-refractivity contribution is 0.173. The molecule has 2 nitrogen and oxygen atoms in total. The summed E-state index contributed by atoms with van der Waals surface area (Å²) in [5.74, 6) is 1.68. The van der Waals surface area contributed by atoms with Crippen LogP contribution in [0.25, 0.3) is 0 Å². The first-order chi connectivity index (χ1) is 9.61. The number of hydrogen-bond acceptors (Lipinski definition) is 2. The van der Waals surface area contributed by atoms with E-state index < -0.39 is 0 Å². The molecule has 1 aliphatic rings. The van der Waals surface area contributed by atoms with Gasteiger partial charge in [0.15, 0.2) is 0 Å². The quantitative estimate of drug-likeness (QED) is 0.880. The van der Waals surface area contributed by atoms with Crippen LogP contribution in [0.15, 0.2) is 24.3 Å². The number of benzene rings is 1. The van der Waals surface area contributed by atoms with E-state index in [0.29, 0.717) is 0 Å². The van der Waals surface area contributed by atoms with Crippen LogP contribution in [-0.2, 0) is 0 Å². The van der Waals surface area contributed by atoms with Crippen molar-refractivity contribution in [2.75, 3.05) is 18.0 Å². The summed E-state index contributed by atoms with van der Waals surface area (Å²) in [6.45, 7) is 9.04. The Morgan fingerprint density at radius 3 is 2.45 bits per heavy atom. The smallest absolute Gasteiger partial charge is 0.0787 e. The first kappa shape index (κ1) is 15.4. The predicted molar refractivity (Wildman–Crippen MR) is 86.1 cm³/mol. The Kier molecular flexibility index (Phi) is 5.47. The van der Waals surface area contributed by atoms with Gasteiger partial charge in [-0.2, -0.15) is 0 Å². The molecule has 2 rings (SSSR count). The topological polar surface area (TPSA) is 23.5 Å². The van der Waals surface area contributed by atoms with Crippen molar-refractivity contribution >= 4 is 5.69 Å². The predicted octanol–water partition coefficient (Wildman–Crippen LogP) is 4.39. The molecule has 0 spiro atoms. The third-order valence-corrected chi connectivity index (χ3v) is 4.75. The van der Waals surface area contributed by atoms with Crippen LogP contribution in [-0.4, -0.2) is 18.2 Å². The van der Waals surface area contributed by atoms with Crippen LogP contribution >= 0.6 is 0 Å². The van der Waals surface area contributed by atoms with Crippen molar-refractivity contribution in [2.24, 2.45) is 11.8 Å². The van der Waals surface area contributed by atoms with Crippen molar-refractivity contribution in [2.45, 2.75) is 52.6 Å². The molecule has 2 heteroatoms. The maximum Gasteiger partial charge on any atom is 0.0787 e. The average molecular weight is 275 g/mol. The Hall–Kier alpha value is -1.02. The van der Waals surface area contributed by atoms with Crippen LogP contribution in [0, 0.1) is 11.8 Å². The summed E-state index contributed by atoms with van der Waals surface area (Å²) >= 11 is 0. The Morgan fingerprint density at radius 2 is 1.85 bits per heavy atom. The van der Waals surface area contributed by atoms with Crippen molar-refractivity contribution in [3.63, 3.8) is 0 Å². The van der Waals surface area contributed by atoms with E-state index >= 15 is 0 Å². The van der Waals surface area contributed by atoms with Crippen molar-refractivity contribution in [1.29, 1.82) is 0 Å². The third kappa shape index (κ3) is 3.76. The lowest BCUT2D eigenvalue weighted by atomic mass is 9.89. The van der Waals surface area contributed by atoms with Crippen molar-refractivity contribution in [1.82, 2.24) is 0 Å². The molecule has 0 bridgehead atoms. The van der Waals surface area contributed by atoms with Gasteiger partial charge in [-0.1, -0.05) is 32.9 Å². The summed E-state index contributed by atoms with van der Waals surface area (Å²) in [4.78, 5) is 2.50. The van der Waals surface area contributed by atoms with Gasteiger partial charge < -0.3 is 10.0 Å². The van der Waals surface area contributed by atoms with E-state index in [1.807, 2.05) is 6.92 Å². The molecule has 1 aromatic rings. The lowest BCUT2D eigenvalue weighted by Crippen LogP contribution is -2.24. The number of aliphatic hydroxyl groups is 1. The van der Waals surface area contributed by atoms with Gasteiger partial charge in [-0.3, -0.25) is 0 Å². The minimum atomic E-state index is -0.321. The SMILES string of the molecule is CCC(O)c1ccc(N2CCCC(C(C)C)CC2)cc1. The Labute approximate surface area is 123 Å². The number of hydrogen-bond donors (Lipinski definition) is 1. The Morgan fingerprint density at radius 1 is 1.15 bits per heavy atom. The van der Waals surface area contributed by atoms with Gasteiger partial charge in [0.2, 0.25) is 0 Å². The first-order valence-electron chi connectivity index (χ1n) is 8.14. The fourth-order valence-electron chi connectivity index (χ4n) is 3.19. The minimum absolute atomic E-state index is 0.321. The molecule has 112 valence electrons. The molecule has 0 saturated carbocycles. The average Bonchev–Trinajstić information content (AvgIpc) is 2.72. The minimum Gasteiger partial charge on any atom is -0.388 e. The number of nitrogens with zero attached hydrogens (tertiary/aromatic N) is 1. The first-order valence-corrected chi connectivity index (χ1v) is 8.14. The van der Waals surface area contributed by atoms with E-state index in [1.165, 1.54) is 38.0 Å². The Balaban J connectivity index is 2.01. The monoisotopic (exact) mass is 275 g/mol. The summed E-state index contributed by atoms with van der Waals surface area (Å²) in [6.07, 6.45) is 4.41. The number of anilines is 1. The molecule has 0 aliphatic carbocycles. The molecular formula is C18H29NO. The van der Waals surface area contributed by atoms with Gasteiger partial charge in [-0.15, -0.1) is 0 Å². The van der Waals surface area contributed by atoms with Crippen molar-refractivity contribution in [3.05, 3.63) is 29.8 Å². The molecule has 1 heterocycles. The van der Waals surface area contributed by atoms with E-state index in [2.05, 4.69) is 43.0 Å². The van der Waals surface area contributed by atoms with Crippen LogP contribution in [0.4, 0.5) is 5.69 Å². The maximum absolute atomic E-state index is 9.86. The molecule has 20 heavy (non-hydrogen) atoms. The second kappa shape index (κ2) is 7.12. The van der Waals surface area contributed by atoms with Gasteiger partial charge in [0.25, 0.3) is 0 Å². The molecular weight excluding hydrogens is 246 g/mol. The summed E-state index contributed by atoms with van der Waals surface area (Å²) in [5.41, 5.74) is 2.34. The molecule has 2 unspecified atom stereocenters. The van der Waals surface area contributed by atoms with Gasteiger partial charge in [0.1, 0.15) is 0 Å². The highest BCUT2D eigenvalue weighted by Gasteiger charge is 2.19. The molecule has 1 aromatic carbocycles. The Bertz CT molecular complexity index is 398. The fourth-order valence-corrected chi connectivity index (χ4v) is 3.19. The second-order valence-electron chi connectivity index (χ2n) is 6.44. The molecule has 0 aromatic heterocycles. The second-order valence-corrected chi connectivity index (χ2v) is 6.44. The number of rotatable bonds is 4. The van der Waals surface area contributed by atoms with Gasteiger partial charge in [0.05, 0.1) is 6.10 Å². The largest absolute Gasteiger partial charge is 0.388 e. The number of aliphatic hydroxyl groups excluding tert-OH is 1. The van der Waals surface area contributed by atoms with E-state index in [4.69, 9.17) is 0 Å². The van der Waals surface area contributed by atoms with Crippen LogP contribution in [0.1, 0.15) is 58.1 Å². The van der Waals surface area contributed by atoms with E-state index in [0.717, 1.165) is 23.8 Å². The van der Waals surface area contributed by atoms with Gasteiger partial charge in [0, 0.05) is 18.8 Å². The van der Waals surface area contributed by atoms with Crippen LogP contribution < -0.4 is 4.90 Å². The summed E-state index contributed by atoms with van der Waals surface area (Å²) < 4.78 is 0. The third-order valence-electron chi connectivity index (χ3n) is 4.75. The molecule has 1 aliphatic heterocycles. The van der Waals surface area contributed by atoms with Gasteiger partial charge >= 0.3 is 0 Å². The van der Waals surface area contributed by atoms with Crippen LogP contribution in [0.2, 0.25) is 0 Å². The molecule has 2 atom stereocenters. The van der Waals surface area contributed by atoms with Crippen molar-refractivity contribution < 1.29 is 5.11 Å².